The summed E-state index contributed by atoms with van der Waals surface area (Å²) in [6.07, 6.45) is -5.89. The molecule has 0 fully saturated rings. The summed E-state index contributed by atoms with van der Waals surface area (Å²) in [7, 11) is 3.37. The Morgan fingerprint density at radius 1 is 0.635 bits per heavy atom. The maximum Gasteiger partial charge on any atom is 0.433 e. The number of nitrogens with one attached hydrogen (secondary N) is 2. The zero-order valence-electron chi connectivity index (χ0n) is 27.6. The van der Waals surface area contributed by atoms with E-state index in [1.165, 1.54) is 57.9 Å². The molecule has 0 saturated carbocycles. The molecule has 2 amide bonds. The van der Waals surface area contributed by atoms with Crippen LogP contribution in [0.4, 0.5) is 26.3 Å². The quantitative estimate of drug-likeness (QED) is 0.165. The van der Waals surface area contributed by atoms with Gasteiger partial charge in [-0.1, -0.05) is 35.3 Å². The van der Waals surface area contributed by atoms with E-state index in [9.17, 15) is 35.9 Å². The van der Waals surface area contributed by atoms with E-state index in [0.29, 0.717) is 43.3 Å². The zero-order valence-corrected chi connectivity index (χ0v) is 29.1. The van der Waals surface area contributed by atoms with Gasteiger partial charge in [-0.25, -0.2) is 9.97 Å². The maximum atomic E-state index is 12.7. The van der Waals surface area contributed by atoms with Crippen LogP contribution >= 0.6 is 23.2 Å². The molecule has 6 rings (SSSR count). The van der Waals surface area contributed by atoms with E-state index in [1.807, 2.05) is 0 Å². The number of rotatable bonds is 6. The Kier molecular flexibility index (Phi) is 10.8. The van der Waals surface area contributed by atoms with Crippen molar-refractivity contribution in [3.8, 4) is 0 Å². The molecule has 2 aromatic carbocycles. The van der Waals surface area contributed by atoms with Gasteiger partial charge in [0.25, 0.3) is 11.8 Å². The number of halogens is 8. The molecule has 0 aliphatic carbocycles. The lowest BCUT2D eigenvalue weighted by molar-refractivity contribution is -0.141. The lowest BCUT2D eigenvalue weighted by Gasteiger charge is -2.13. The molecule has 272 valence electrons. The highest BCUT2D eigenvalue weighted by Crippen LogP contribution is 2.31. The van der Waals surface area contributed by atoms with Crippen molar-refractivity contribution in [2.45, 2.75) is 38.3 Å². The Balaban J connectivity index is 0.000000201. The highest BCUT2D eigenvalue weighted by molar-refractivity contribution is 6.30. The molecule has 4 heterocycles. The molecule has 6 aromatic rings. The highest BCUT2D eigenvalue weighted by atomic mass is 35.5. The largest absolute Gasteiger partial charge is 0.433 e. The van der Waals surface area contributed by atoms with E-state index in [2.05, 4.69) is 30.8 Å². The predicted molar refractivity (Wildman–Crippen MR) is 182 cm³/mol. The Labute approximate surface area is 301 Å². The summed E-state index contributed by atoms with van der Waals surface area (Å²) in [5.74, 6) is -0.751. The molecule has 2 atom stereocenters. The first-order valence-electron chi connectivity index (χ1n) is 15.3. The van der Waals surface area contributed by atoms with Crippen LogP contribution in [0.5, 0.6) is 0 Å². The molecule has 18 heteroatoms. The van der Waals surface area contributed by atoms with Crippen molar-refractivity contribution in [2.75, 3.05) is 0 Å². The van der Waals surface area contributed by atoms with Crippen molar-refractivity contribution in [3.05, 3.63) is 117 Å². The molecular weight excluding hydrogens is 737 g/mol. The number of carbonyl (C=O) groups is 2. The number of aryl methyl sites for hydroxylation is 2. The molecule has 0 aliphatic rings. The molecule has 52 heavy (non-hydrogen) atoms. The summed E-state index contributed by atoms with van der Waals surface area (Å²) < 4.78 is 79.3. The maximum absolute atomic E-state index is 12.7. The lowest BCUT2D eigenvalue weighted by atomic mass is 10.1. The summed E-state index contributed by atoms with van der Waals surface area (Å²) in [6, 6.07) is 12.2. The van der Waals surface area contributed by atoms with Gasteiger partial charge < -0.3 is 10.6 Å². The number of pyridine rings is 2. The van der Waals surface area contributed by atoms with Crippen molar-refractivity contribution in [1.29, 1.82) is 0 Å². The van der Waals surface area contributed by atoms with E-state index in [1.54, 1.807) is 40.3 Å². The summed E-state index contributed by atoms with van der Waals surface area (Å²) in [4.78, 5) is 32.0. The van der Waals surface area contributed by atoms with Crippen LogP contribution in [-0.2, 0) is 26.4 Å². The minimum atomic E-state index is -4.51. The first-order valence-corrected chi connectivity index (χ1v) is 16.0. The molecule has 0 radical (unpaired) electrons. The number of benzene rings is 2. The normalized spacial score (nSPS) is 13.0. The van der Waals surface area contributed by atoms with Crippen molar-refractivity contribution < 1.29 is 35.9 Å². The first-order chi connectivity index (χ1) is 24.3. The van der Waals surface area contributed by atoms with Crippen LogP contribution in [0.15, 0.2) is 73.1 Å². The van der Waals surface area contributed by atoms with Gasteiger partial charge in [-0.05, 0) is 62.4 Å². The van der Waals surface area contributed by atoms with E-state index >= 15 is 0 Å². The van der Waals surface area contributed by atoms with Crippen molar-refractivity contribution >= 4 is 56.8 Å². The van der Waals surface area contributed by atoms with Crippen molar-refractivity contribution in [2.24, 2.45) is 14.1 Å². The molecule has 10 nitrogen and oxygen atoms in total. The van der Waals surface area contributed by atoms with E-state index < -0.39 is 23.7 Å². The Bertz CT molecular complexity index is 2130. The van der Waals surface area contributed by atoms with Gasteiger partial charge in [0.2, 0.25) is 0 Å². The van der Waals surface area contributed by atoms with E-state index in [4.69, 9.17) is 23.2 Å². The molecular formula is C34H28Cl2F6N8O2. The van der Waals surface area contributed by atoms with Crippen LogP contribution in [0.25, 0.3) is 21.8 Å². The first kappa shape index (κ1) is 38.0. The zero-order chi connectivity index (χ0) is 38.1. The number of alkyl halides is 6. The van der Waals surface area contributed by atoms with Gasteiger partial charge in [0.05, 0.1) is 35.5 Å². The molecule has 0 bridgehead atoms. The van der Waals surface area contributed by atoms with Crippen LogP contribution in [0.1, 0.15) is 69.2 Å². The van der Waals surface area contributed by atoms with Gasteiger partial charge in [0.1, 0.15) is 21.7 Å². The van der Waals surface area contributed by atoms with Crippen molar-refractivity contribution in [3.63, 3.8) is 0 Å². The van der Waals surface area contributed by atoms with Gasteiger partial charge in [-0.3, -0.25) is 19.0 Å². The SMILES string of the molecule is C[C@@H](NC(=O)c1ccc2nc(C(F)(F)F)ccc2c1)c1cnn(C)c1Cl.C[C@H](NC(=O)c1ccc2nc(C(F)(F)F)ccc2c1)c1cnn(C)c1Cl. The second-order valence-electron chi connectivity index (χ2n) is 11.6. The number of amides is 2. The number of aromatic nitrogens is 6. The minimum absolute atomic E-state index is 0.166. The number of fused-ring (bicyclic) bond motifs is 2. The number of hydrogen-bond donors (Lipinski definition) is 2. The number of carbonyl (C=O) groups excluding carboxylic acids is 2. The minimum Gasteiger partial charge on any atom is -0.345 e. The molecule has 0 aliphatic heterocycles. The smallest absolute Gasteiger partial charge is 0.345 e. The summed E-state index contributed by atoms with van der Waals surface area (Å²) >= 11 is 12.2. The Hall–Kier alpha value is -5.22. The Morgan fingerprint density at radius 2 is 1.00 bits per heavy atom. The third-order valence-corrected chi connectivity index (χ3v) is 8.82. The molecule has 4 aromatic heterocycles. The molecule has 2 N–H and O–H groups in total. The molecule has 0 spiro atoms. The van der Waals surface area contributed by atoms with Gasteiger partial charge in [0.15, 0.2) is 0 Å². The standard InChI is InChI=1S/2C17H14ClF3N4O/c2*1-9(12-8-22-25(2)15(12)18)23-16(26)11-3-5-13-10(7-11)4-6-14(24-13)17(19,20)21/h2*3-9H,1-2H3,(H,23,26)/t2*9-/m10/s1. The van der Waals surface area contributed by atoms with Crippen LogP contribution in [0.3, 0.4) is 0 Å². The van der Waals surface area contributed by atoms with E-state index in [-0.39, 0.29) is 34.9 Å². The summed E-state index contributed by atoms with van der Waals surface area (Å²) in [6.45, 7) is 3.53. The fraction of sp³-hybridized carbons (Fsp3) is 0.235. The van der Waals surface area contributed by atoms with Gasteiger partial charge in [-0.2, -0.15) is 36.5 Å². The highest BCUT2D eigenvalue weighted by Gasteiger charge is 2.33. The summed E-state index contributed by atoms with van der Waals surface area (Å²) in [5.41, 5.74) is 0.347. The van der Waals surface area contributed by atoms with Gasteiger partial charge in [-0.15, -0.1) is 0 Å². The third-order valence-electron chi connectivity index (χ3n) is 7.90. The van der Waals surface area contributed by atoms with Crippen LogP contribution in [0, 0.1) is 0 Å². The van der Waals surface area contributed by atoms with E-state index in [0.717, 1.165) is 12.1 Å². The number of nitrogens with zero attached hydrogens (tertiary/aromatic N) is 6. The van der Waals surface area contributed by atoms with Gasteiger partial charge in [0, 0.05) is 47.1 Å². The fourth-order valence-electron chi connectivity index (χ4n) is 5.02. The van der Waals surface area contributed by atoms with Crippen LogP contribution in [-0.4, -0.2) is 41.3 Å². The summed E-state index contributed by atoms with van der Waals surface area (Å²) in [5, 5.41) is 15.3. The fourth-order valence-corrected chi connectivity index (χ4v) is 5.54. The Morgan fingerprint density at radius 3 is 1.31 bits per heavy atom. The second kappa shape index (κ2) is 14.8. The monoisotopic (exact) mass is 764 g/mol. The van der Waals surface area contributed by atoms with Crippen LogP contribution in [0.2, 0.25) is 10.3 Å². The van der Waals surface area contributed by atoms with Crippen molar-refractivity contribution in [1.82, 2.24) is 40.2 Å². The van der Waals surface area contributed by atoms with Gasteiger partial charge >= 0.3 is 12.4 Å². The molecule has 0 unspecified atom stereocenters. The lowest BCUT2D eigenvalue weighted by Crippen LogP contribution is -2.26. The average Bonchev–Trinajstić information content (AvgIpc) is 3.61. The topological polar surface area (TPSA) is 120 Å². The third kappa shape index (κ3) is 8.45. The number of hydrogen-bond acceptors (Lipinski definition) is 6. The molecule has 0 saturated heterocycles. The van der Waals surface area contributed by atoms with Crippen LogP contribution < -0.4 is 10.6 Å². The second-order valence-corrected chi connectivity index (χ2v) is 12.3. The predicted octanol–water partition coefficient (Wildman–Crippen LogP) is 8.26. The average molecular weight is 766 g/mol.